The highest BCUT2D eigenvalue weighted by atomic mass is 79.9. The highest BCUT2D eigenvalue weighted by Crippen LogP contribution is 2.29. The molecule has 1 aromatic carbocycles. The second-order valence-corrected chi connectivity index (χ2v) is 5.86. The predicted molar refractivity (Wildman–Crippen MR) is 82.3 cm³/mol. The first kappa shape index (κ1) is 15.5. The van der Waals surface area contributed by atoms with E-state index in [1.807, 2.05) is 18.7 Å². The van der Waals surface area contributed by atoms with Crippen LogP contribution in [-0.2, 0) is 19.9 Å². The van der Waals surface area contributed by atoms with Crippen molar-refractivity contribution in [3.63, 3.8) is 0 Å². The molecule has 108 valence electrons. The van der Waals surface area contributed by atoms with Crippen molar-refractivity contribution in [2.45, 2.75) is 25.8 Å². The monoisotopic (exact) mass is 359 g/mol. The van der Waals surface area contributed by atoms with Gasteiger partial charge in [-0.1, -0.05) is 24.6 Å². The summed E-state index contributed by atoms with van der Waals surface area (Å²) in [6.45, 7) is 2.05. The molecule has 0 saturated heterocycles. The Morgan fingerprint density at radius 3 is 2.75 bits per heavy atom. The Balaban J connectivity index is 2.27. The SMILES string of the molecule is CCc1nn(C)c(CC(N)c2ccc(F)cc2Cl)c1Br. The van der Waals surface area contributed by atoms with Gasteiger partial charge in [-0.25, -0.2) is 4.39 Å². The fourth-order valence-corrected chi connectivity index (χ4v) is 3.25. The van der Waals surface area contributed by atoms with Crippen molar-refractivity contribution in [1.29, 1.82) is 0 Å². The van der Waals surface area contributed by atoms with Crippen molar-refractivity contribution in [3.8, 4) is 0 Å². The van der Waals surface area contributed by atoms with E-state index in [0.717, 1.165) is 27.8 Å². The number of nitrogens with two attached hydrogens (primary N) is 1. The van der Waals surface area contributed by atoms with Crippen LogP contribution >= 0.6 is 27.5 Å². The number of benzene rings is 1. The van der Waals surface area contributed by atoms with Crippen molar-refractivity contribution < 1.29 is 4.39 Å². The smallest absolute Gasteiger partial charge is 0.124 e. The highest BCUT2D eigenvalue weighted by molar-refractivity contribution is 9.10. The van der Waals surface area contributed by atoms with E-state index in [0.29, 0.717) is 11.4 Å². The summed E-state index contributed by atoms with van der Waals surface area (Å²) in [5.74, 6) is -0.360. The molecular weight excluding hydrogens is 345 g/mol. The largest absolute Gasteiger partial charge is 0.324 e. The third-order valence-electron chi connectivity index (χ3n) is 3.28. The molecule has 1 atom stereocenters. The molecule has 0 saturated carbocycles. The third-order valence-corrected chi connectivity index (χ3v) is 4.52. The average molecular weight is 361 g/mol. The molecule has 0 bridgehead atoms. The summed E-state index contributed by atoms with van der Waals surface area (Å²) < 4.78 is 15.9. The van der Waals surface area contributed by atoms with E-state index in [1.54, 1.807) is 6.07 Å². The van der Waals surface area contributed by atoms with Crippen LogP contribution in [0.4, 0.5) is 4.39 Å². The van der Waals surface area contributed by atoms with Crippen molar-refractivity contribution in [2.24, 2.45) is 12.8 Å². The van der Waals surface area contributed by atoms with E-state index in [4.69, 9.17) is 17.3 Å². The first-order valence-electron chi connectivity index (χ1n) is 6.34. The van der Waals surface area contributed by atoms with E-state index in [9.17, 15) is 4.39 Å². The number of nitrogens with zero attached hydrogens (tertiary/aromatic N) is 2. The van der Waals surface area contributed by atoms with Crippen LogP contribution in [0.2, 0.25) is 5.02 Å². The van der Waals surface area contributed by atoms with E-state index in [2.05, 4.69) is 21.0 Å². The van der Waals surface area contributed by atoms with Gasteiger partial charge in [-0.05, 0) is 40.0 Å². The molecule has 0 fully saturated rings. The van der Waals surface area contributed by atoms with Gasteiger partial charge in [0.15, 0.2) is 0 Å². The van der Waals surface area contributed by atoms with Gasteiger partial charge in [0, 0.05) is 24.5 Å². The minimum atomic E-state index is -0.360. The second kappa shape index (κ2) is 6.24. The zero-order valence-corrected chi connectivity index (χ0v) is 13.7. The number of halogens is 3. The summed E-state index contributed by atoms with van der Waals surface area (Å²) >= 11 is 9.61. The molecular formula is C14H16BrClFN3. The standard InChI is InChI=1S/C14H16BrClFN3/c1-3-12-14(15)13(20(2)19-12)7-11(18)9-5-4-8(17)6-10(9)16/h4-6,11H,3,7,18H2,1-2H3. The lowest BCUT2D eigenvalue weighted by Gasteiger charge is -2.14. The van der Waals surface area contributed by atoms with E-state index < -0.39 is 0 Å². The number of hydrogen-bond donors (Lipinski definition) is 1. The average Bonchev–Trinajstić information content (AvgIpc) is 2.66. The fraction of sp³-hybridized carbons (Fsp3) is 0.357. The van der Waals surface area contributed by atoms with Crippen LogP contribution in [0.3, 0.4) is 0 Å². The summed E-state index contributed by atoms with van der Waals surface area (Å²) in [6.07, 6.45) is 1.43. The van der Waals surface area contributed by atoms with E-state index >= 15 is 0 Å². The Morgan fingerprint density at radius 1 is 1.50 bits per heavy atom. The number of aryl methyl sites for hydroxylation is 2. The van der Waals surface area contributed by atoms with E-state index in [-0.39, 0.29) is 11.9 Å². The summed E-state index contributed by atoms with van der Waals surface area (Å²) in [7, 11) is 1.89. The Labute approximate surface area is 131 Å². The normalized spacial score (nSPS) is 12.7. The topological polar surface area (TPSA) is 43.8 Å². The van der Waals surface area contributed by atoms with Crippen LogP contribution < -0.4 is 5.73 Å². The van der Waals surface area contributed by atoms with Gasteiger partial charge < -0.3 is 5.73 Å². The lowest BCUT2D eigenvalue weighted by atomic mass is 10.0. The number of rotatable bonds is 4. The van der Waals surface area contributed by atoms with Crippen LogP contribution in [-0.4, -0.2) is 9.78 Å². The van der Waals surface area contributed by atoms with Crippen molar-refractivity contribution in [3.05, 3.63) is 50.5 Å². The molecule has 2 rings (SSSR count). The molecule has 0 aliphatic rings. The van der Waals surface area contributed by atoms with Crippen molar-refractivity contribution >= 4 is 27.5 Å². The molecule has 0 spiro atoms. The molecule has 1 heterocycles. The van der Waals surface area contributed by atoms with Crippen molar-refractivity contribution in [1.82, 2.24) is 9.78 Å². The number of hydrogen-bond acceptors (Lipinski definition) is 2. The van der Waals surface area contributed by atoms with Gasteiger partial charge in [0.2, 0.25) is 0 Å². The first-order chi connectivity index (χ1) is 9.43. The maximum Gasteiger partial charge on any atom is 0.124 e. The van der Waals surface area contributed by atoms with Gasteiger partial charge in [-0.3, -0.25) is 4.68 Å². The molecule has 1 aromatic heterocycles. The molecule has 1 unspecified atom stereocenters. The molecule has 6 heteroatoms. The lowest BCUT2D eigenvalue weighted by molar-refractivity contribution is 0.618. The molecule has 3 nitrogen and oxygen atoms in total. The van der Waals surface area contributed by atoms with Gasteiger partial charge >= 0.3 is 0 Å². The van der Waals surface area contributed by atoms with Crippen LogP contribution in [0.15, 0.2) is 22.7 Å². The maximum atomic E-state index is 13.1. The zero-order chi connectivity index (χ0) is 14.9. The molecule has 0 radical (unpaired) electrons. The van der Waals surface area contributed by atoms with Gasteiger partial charge in [0.05, 0.1) is 15.9 Å². The molecule has 20 heavy (non-hydrogen) atoms. The quantitative estimate of drug-likeness (QED) is 0.902. The Bertz CT molecular complexity index is 627. The van der Waals surface area contributed by atoms with Crippen molar-refractivity contribution in [2.75, 3.05) is 0 Å². The third kappa shape index (κ3) is 3.05. The predicted octanol–water partition coefficient (Wildman–Crippen LogP) is 3.78. The first-order valence-corrected chi connectivity index (χ1v) is 7.51. The van der Waals surface area contributed by atoms with Gasteiger partial charge in [0.25, 0.3) is 0 Å². The summed E-state index contributed by atoms with van der Waals surface area (Å²) in [6, 6.07) is 3.98. The Kier molecular flexibility index (Phi) is 4.83. The minimum Gasteiger partial charge on any atom is -0.324 e. The molecule has 0 amide bonds. The Morgan fingerprint density at radius 2 is 2.20 bits per heavy atom. The molecule has 2 N–H and O–H groups in total. The van der Waals surface area contributed by atoms with Crippen LogP contribution in [0.1, 0.15) is 29.9 Å². The lowest BCUT2D eigenvalue weighted by Crippen LogP contribution is -2.16. The van der Waals surface area contributed by atoms with Gasteiger partial charge in [0.1, 0.15) is 5.82 Å². The van der Waals surface area contributed by atoms with Crippen LogP contribution in [0.5, 0.6) is 0 Å². The summed E-state index contributed by atoms with van der Waals surface area (Å²) in [4.78, 5) is 0. The minimum absolute atomic E-state index is 0.306. The fourth-order valence-electron chi connectivity index (χ4n) is 2.16. The van der Waals surface area contributed by atoms with E-state index in [1.165, 1.54) is 12.1 Å². The van der Waals surface area contributed by atoms with Crippen LogP contribution in [0, 0.1) is 5.82 Å². The van der Waals surface area contributed by atoms with Gasteiger partial charge in [-0.15, -0.1) is 0 Å². The zero-order valence-electron chi connectivity index (χ0n) is 11.3. The summed E-state index contributed by atoms with van der Waals surface area (Å²) in [5, 5.41) is 4.79. The Hall–Kier alpha value is -0.910. The van der Waals surface area contributed by atoms with Gasteiger partial charge in [-0.2, -0.15) is 5.10 Å². The highest BCUT2D eigenvalue weighted by Gasteiger charge is 2.18. The summed E-state index contributed by atoms with van der Waals surface area (Å²) in [5.41, 5.74) is 8.94. The second-order valence-electron chi connectivity index (χ2n) is 4.66. The maximum absolute atomic E-state index is 13.1. The molecule has 0 aliphatic carbocycles. The number of aromatic nitrogens is 2. The molecule has 2 aromatic rings. The van der Waals surface area contributed by atoms with Crippen LogP contribution in [0.25, 0.3) is 0 Å². The molecule has 0 aliphatic heterocycles.